The molecule has 0 radical (unpaired) electrons. The van der Waals surface area contributed by atoms with E-state index in [-0.39, 0.29) is 17.0 Å². The van der Waals surface area contributed by atoms with Crippen LogP contribution in [0.25, 0.3) is 0 Å². The second-order valence-electron chi connectivity index (χ2n) is 5.95. The van der Waals surface area contributed by atoms with Crippen LogP contribution in [0.3, 0.4) is 0 Å². The number of carboxylic acids is 1. The summed E-state index contributed by atoms with van der Waals surface area (Å²) < 4.78 is 43.6. The Morgan fingerprint density at radius 3 is 2.25 bits per heavy atom. The zero-order chi connectivity index (χ0) is 21.1. The Morgan fingerprint density at radius 2 is 1.64 bits per heavy atom. The molecule has 28 heavy (non-hydrogen) atoms. The smallest absolute Gasteiger partial charge is 0.455 e. The zero-order valence-corrected chi connectivity index (χ0v) is 14.9. The highest BCUT2D eigenvalue weighted by Crippen LogP contribution is 2.30. The van der Waals surface area contributed by atoms with Crippen LogP contribution < -0.4 is 10.1 Å². The Labute approximate surface area is 157 Å². The van der Waals surface area contributed by atoms with Gasteiger partial charge >= 0.3 is 12.1 Å². The van der Waals surface area contributed by atoms with Crippen molar-refractivity contribution < 1.29 is 37.4 Å². The number of hydrogen-bond donors (Lipinski definition) is 2. The normalized spacial score (nSPS) is 11.0. The fraction of sp³-hybridized carbons (Fsp3) is 0.211. The molecule has 2 aromatic carbocycles. The van der Waals surface area contributed by atoms with Gasteiger partial charge in [-0.05, 0) is 49.2 Å². The molecule has 6 nitrogen and oxygen atoms in total. The number of amides is 1. The van der Waals surface area contributed by atoms with Crippen molar-refractivity contribution in [1.82, 2.24) is 0 Å². The van der Waals surface area contributed by atoms with Gasteiger partial charge in [-0.1, -0.05) is 12.1 Å². The van der Waals surface area contributed by atoms with Gasteiger partial charge in [0, 0.05) is 0 Å². The summed E-state index contributed by atoms with van der Waals surface area (Å²) in [6.45, 7) is 2.45. The lowest BCUT2D eigenvalue weighted by Gasteiger charge is -2.15. The van der Waals surface area contributed by atoms with Gasteiger partial charge in [0.25, 0.3) is 11.7 Å². The maximum absolute atomic E-state index is 12.8. The van der Waals surface area contributed by atoms with Crippen molar-refractivity contribution in [1.29, 1.82) is 0 Å². The third-order valence-corrected chi connectivity index (χ3v) is 3.89. The van der Waals surface area contributed by atoms with Gasteiger partial charge in [-0.25, -0.2) is 4.79 Å². The number of carbonyl (C=O) groups is 3. The number of rotatable bonds is 6. The fourth-order valence-electron chi connectivity index (χ4n) is 2.35. The van der Waals surface area contributed by atoms with Gasteiger partial charge in [0.2, 0.25) is 0 Å². The van der Waals surface area contributed by atoms with E-state index >= 15 is 0 Å². The van der Waals surface area contributed by atoms with Gasteiger partial charge < -0.3 is 15.2 Å². The number of benzene rings is 2. The Kier molecular flexibility index (Phi) is 6.07. The predicted octanol–water partition coefficient (Wildman–Crippen LogP) is 3.76. The number of anilines is 1. The van der Waals surface area contributed by atoms with E-state index in [2.05, 4.69) is 5.32 Å². The molecule has 2 N–H and O–H groups in total. The van der Waals surface area contributed by atoms with Crippen LogP contribution in [0, 0.1) is 13.8 Å². The lowest BCUT2D eigenvalue weighted by molar-refractivity contribution is -0.118. The van der Waals surface area contributed by atoms with Crippen LogP contribution in [-0.2, 0) is 4.79 Å². The van der Waals surface area contributed by atoms with Crippen molar-refractivity contribution in [2.24, 2.45) is 0 Å². The fourth-order valence-corrected chi connectivity index (χ4v) is 2.35. The minimum atomic E-state index is -5.09. The molecule has 0 atom stereocenters. The lowest BCUT2D eigenvalue weighted by atomic mass is 10.0. The first-order chi connectivity index (χ1) is 13.0. The number of carbonyl (C=O) groups excluding carboxylic acids is 2. The molecule has 2 rings (SSSR count). The maximum atomic E-state index is 12.8. The van der Waals surface area contributed by atoms with E-state index in [0.717, 1.165) is 6.07 Å². The number of hydrogen-bond acceptors (Lipinski definition) is 4. The lowest BCUT2D eigenvalue weighted by Crippen LogP contribution is -2.25. The maximum Gasteiger partial charge on any atom is 0.455 e. The minimum absolute atomic E-state index is 0.00952. The molecule has 1 amide bonds. The van der Waals surface area contributed by atoms with E-state index in [4.69, 9.17) is 9.84 Å². The van der Waals surface area contributed by atoms with E-state index in [1.54, 1.807) is 13.8 Å². The average molecular weight is 395 g/mol. The van der Waals surface area contributed by atoms with Crippen LogP contribution in [0.2, 0.25) is 0 Å². The van der Waals surface area contributed by atoms with Crippen LogP contribution in [-0.4, -0.2) is 35.5 Å². The SMILES string of the molecule is Cc1cc(OCC(=O)Nc2ccccc2C(=O)O)c(C(=O)C(F)(F)F)cc1C. The van der Waals surface area contributed by atoms with Crippen molar-refractivity contribution in [3.63, 3.8) is 0 Å². The molecule has 0 aliphatic heterocycles. The van der Waals surface area contributed by atoms with Crippen LogP contribution in [0.15, 0.2) is 36.4 Å². The molecular weight excluding hydrogens is 379 g/mol. The number of aryl methyl sites for hydroxylation is 2. The van der Waals surface area contributed by atoms with Gasteiger partial charge in [0.05, 0.1) is 16.8 Å². The second-order valence-corrected chi connectivity index (χ2v) is 5.95. The zero-order valence-electron chi connectivity index (χ0n) is 14.9. The highest BCUT2D eigenvalue weighted by Gasteiger charge is 2.41. The number of ketones is 1. The van der Waals surface area contributed by atoms with E-state index in [1.807, 2.05) is 0 Å². The molecule has 0 bridgehead atoms. The van der Waals surface area contributed by atoms with Crippen LogP contribution in [0.1, 0.15) is 31.8 Å². The number of ether oxygens (including phenoxy) is 1. The van der Waals surface area contributed by atoms with Gasteiger partial charge in [-0.3, -0.25) is 9.59 Å². The number of alkyl halides is 3. The number of aromatic carboxylic acids is 1. The molecule has 148 valence electrons. The molecule has 0 saturated carbocycles. The number of para-hydroxylation sites is 1. The summed E-state index contributed by atoms with van der Waals surface area (Å²) in [6.07, 6.45) is -5.09. The van der Waals surface area contributed by atoms with Gasteiger partial charge in [0.15, 0.2) is 6.61 Å². The van der Waals surface area contributed by atoms with Crippen LogP contribution in [0.4, 0.5) is 18.9 Å². The van der Waals surface area contributed by atoms with Crippen molar-refractivity contribution in [2.75, 3.05) is 11.9 Å². The Balaban J connectivity index is 2.20. The molecule has 0 aromatic heterocycles. The number of Topliss-reactive ketones (excluding diaryl/α,β-unsaturated/α-hetero) is 1. The second kappa shape index (κ2) is 8.12. The first-order valence-electron chi connectivity index (χ1n) is 7.98. The Bertz CT molecular complexity index is 938. The molecule has 0 spiro atoms. The molecule has 0 heterocycles. The number of carboxylic acid groups (broad SMARTS) is 1. The van der Waals surface area contributed by atoms with Gasteiger partial charge in [-0.2, -0.15) is 13.2 Å². The first kappa shape index (κ1) is 20.9. The topological polar surface area (TPSA) is 92.7 Å². The Hall–Kier alpha value is -3.36. The molecule has 9 heteroatoms. The minimum Gasteiger partial charge on any atom is -0.483 e. The molecule has 0 aliphatic carbocycles. The Morgan fingerprint density at radius 1 is 1.04 bits per heavy atom. The van der Waals surface area contributed by atoms with E-state index in [1.165, 1.54) is 30.3 Å². The molecule has 0 fully saturated rings. The largest absolute Gasteiger partial charge is 0.483 e. The molecule has 0 unspecified atom stereocenters. The highest BCUT2D eigenvalue weighted by atomic mass is 19.4. The third-order valence-electron chi connectivity index (χ3n) is 3.89. The van der Waals surface area contributed by atoms with E-state index < -0.39 is 36.0 Å². The summed E-state index contributed by atoms with van der Waals surface area (Å²) in [7, 11) is 0. The summed E-state index contributed by atoms with van der Waals surface area (Å²) in [5.74, 6) is -4.52. The van der Waals surface area contributed by atoms with E-state index in [9.17, 15) is 27.6 Å². The van der Waals surface area contributed by atoms with Crippen molar-refractivity contribution >= 4 is 23.3 Å². The molecule has 2 aromatic rings. The van der Waals surface area contributed by atoms with Crippen molar-refractivity contribution in [2.45, 2.75) is 20.0 Å². The molecular formula is C19H16F3NO5. The molecule has 0 saturated heterocycles. The number of halogens is 3. The highest BCUT2D eigenvalue weighted by molar-refractivity contribution is 6.03. The van der Waals surface area contributed by atoms with E-state index in [0.29, 0.717) is 11.1 Å². The summed E-state index contributed by atoms with van der Waals surface area (Å²) in [5.41, 5.74) is 0.185. The molecule has 0 aliphatic rings. The quantitative estimate of drug-likeness (QED) is 0.727. The number of nitrogens with one attached hydrogen (secondary N) is 1. The monoisotopic (exact) mass is 395 g/mol. The summed E-state index contributed by atoms with van der Waals surface area (Å²) >= 11 is 0. The summed E-state index contributed by atoms with van der Waals surface area (Å²) in [4.78, 5) is 34.8. The van der Waals surface area contributed by atoms with Crippen molar-refractivity contribution in [3.8, 4) is 5.75 Å². The van der Waals surface area contributed by atoms with Crippen LogP contribution >= 0.6 is 0 Å². The summed E-state index contributed by atoms with van der Waals surface area (Å²) in [5, 5.41) is 11.4. The van der Waals surface area contributed by atoms with Crippen molar-refractivity contribution in [3.05, 3.63) is 58.7 Å². The first-order valence-corrected chi connectivity index (χ1v) is 7.98. The predicted molar refractivity (Wildman–Crippen MR) is 93.8 cm³/mol. The van der Waals surface area contributed by atoms with Gasteiger partial charge in [-0.15, -0.1) is 0 Å². The van der Waals surface area contributed by atoms with Crippen LogP contribution in [0.5, 0.6) is 5.75 Å². The van der Waals surface area contributed by atoms with Gasteiger partial charge in [0.1, 0.15) is 5.75 Å². The average Bonchev–Trinajstić information content (AvgIpc) is 2.61. The third kappa shape index (κ3) is 4.87. The summed E-state index contributed by atoms with van der Waals surface area (Å²) in [6, 6.07) is 7.91. The standard InChI is InChI=1S/C19H16F3NO5/c1-10-7-13(17(25)19(20,21)22)15(8-11(10)2)28-9-16(24)23-14-6-4-3-5-12(14)18(26)27/h3-8H,9H2,1-2H3,(H,23,24)(H,26,27).